The summed E-state index contributed by atoms with van der Waals surface area (Å²) >= 11 is 3.05. The number of hydrogen-bond acceptors (Lipinski definition) is 6. The standard InChI is InChI=1S/C30H22INO6S/c1-37-25-14-19(13-24(31)27(25)38-17-18-9-11-21(12-10-18)29(34)35)15-26-28(33)32(30(36)39-26)16-22-7-4-6-20-5-2-3-8-23(20)22/h2-15H,16-17H2,1H3,(H,34,35)/b26-15+. The number of amides is 2. The minimum absolute atomic E-state index is 0.199. The average molecular weight is 651 g/mol. The number of fused-ring (bicyclic) bond motifs is 1. The molecule has 0 unspecified atom stereocenters. The number of carboxylic acid groups (broad SMARTS) is 1. The van der Waals surface area contributed by atoms with Gasteiger partial charge in [0, 0.05) is 0 Å². The molecular formula is C30H22INO6S. The molecule has 2 amide bonds. The van der Waals surface area contributed by atoms with Gasteiger partial charge in [0.05, 0.1) is 27.7 Å². The molecule has 39 heavy (non-hydrogen) atoms. The topological polar surface area (TPSA) is 93.1 Å². The Morgan fingerprint density at radius 3 is 2.51 bits per heavy atom. The van der Waals surface area contributed by atoms with Crippen molar-refractivity contribution in [2.45, 2.75) is 13.2 Å². The molecule has 0 spiro atoms. The van der Waals surface area contributed by atoms with Crippen molar-refractivity contribution >= 4 is 68.3 Å². The normalized spacial score (nSPS) is 14.3. The Hall–Kier alpha value is -3.83. The Balaban J connectivity index is 1.34. The summed E-state index contributed by atoms with van der Waals surface area (Å²) in [5.74, 6) is -0.315. The Morgan fingerprint density at radius 1 is 1.03 bits per heavy atom. The monoisotopic (exact) mass is 651 g/mol. The lowest BCUT2D eigenvalue weighted by molar-refractivity contribution is -0.123. The molecule has 5 rings (SSSR count). The molecule has 9 heteroatoms. The van der Waals surface area contributed by atoms with Gasteiger partial charge in [-0.15, -0.1) is 0 Å². The molecule has 1 aliphatic heterocycles. The molecule has 7 nitrogen and oxygen atoms in total. The molecule has 0 saturated carbocycles. The molecule has 1 fully saturated rings. The number of carbonyl (C=O) groups is 3. The van der Waals surface area contributed by atoms with Crippen molar-refractivity contribution in [3.05, 3.63) is 110 Å². The summed E-state index contributed by atoms with van der Waals surface area (Å²) in [6.07, 6.45) is 1.69. The van der Waals surface area contributed by atoms with E-state index in [9.17, 15) is 14.4 Å². The molecule has 1 aliphatic rings. The van der Waals surface area contributed by atoms with Crippen molar-refractivity contribution in [1.82, 2.24) is 4.90 Å². The van der Waals surface area contributed by atoms with Crippen LogP contribution in [0.2, 0.25) is 0 Å². The number of thioether (sulfide) groups is 1. The highest BCUT2D eigenvalue weighted by Crippen LogP contribution is 2.38. The summed E-state index contributed by atoms with van der Waals surface area (Å²) in [6.45, 7) is 0.420. The maximum atomic E-state index is 13.2. The van der Waals surface area contributed by atoms with E-state index in [4.69, 9.17) is 14.6 Å². The SMILES string of the molecule is COc1cc(/C=C2/SC(=O)N(Cc3cccc4ccccc34)C2=O)cc(I)c1OCc1ccc(C(=O)O)cc1. The molecule has 0 atom stereocenters. The zero-order chi connectivity index (χ0) is 27.5. The van der Waals surface area contributed by atoms with E-state index in [0.717, 1.165) is 37.2 Å². The van der Waals surface area contributed by atoms with E-state index >= 15 is 0 Å². The van der Waals surface area contributed by atoms with Crippen molar-refractivity contribution in [1.29, 1.82) is 0 Å². The van der Waals surface area contributed by atoms with Crippen LogP contribution in [0.25, 0.3) is 16.8 Å². The lowest BCUT2D eigenvalue weighted by Crippen LogP contribution is -2.27. The minimum Gasteiger partial charge on any atom is -0.493 e. The van der Waals surface area contributed by atoms with Crippen molar-refractivity contribution in [3.8, 4) is 11.5 Å². The summed E-state index contributed by atoms with van der Waals surface area (Å²) < 4.78 is 12.3. The van der Waals surface area contributed by atoms with E-state index in [-0.39, 0.29) is 29.9 Å². The van der Waals surface area contributed by atoms with Gasteiger partial charge in [-0.2, -0.15) is 0 Å². The number of carbonyl (C=O) groups excluding carboxylic acids is 2. The van der Waals surface area contributed by atoms with Crippen LogP contribution in [-0.4, -0.2) is 34.2 Å². The molecule has 4 aromatic carbocycles. The summed E-state index contributed by atoms with van der Waals surface area (Å²) in [7, 11) is 1.53. The molecule has 1 saturated heterocycles. The van der Waals surface area contributed by atoms with Gasteiger partial charge in [0.25, 0.3) is 11.1 Å². The molecule has 4 aromatic rings. The second-order valence-corrected chi connectivity index (χ2v) is 10.9. The van der Waals surface area contributed by atoms with Gasteiger partial charge in [-0.3, -0.25) is 14.5 Å². The molecule has 1 N–H and O–H groups in total. The van der Waals surface area contributed by atoms with Crippen LogP contribution < -0.4 is 9.47 Å². The van der Waals surface area contributed by atoms with E-state index in [1.165, 1.54) is 24.1 Å². The smallest absolute Gasteiger partial charge is 0.335 e. The highest BCUT2D eigenvalue weighted by molar-refractivity contribution is 14.1. The van der Waals surface area contributed by atoms with Crippen molar-refractivity contribution in [3.63, 3.8) is 0 Å². The highest BCUT2D eigenvalue weighted by Gasteiger charge is 2.35. The number of carboxylic acids is 1. The minimum atomic E-state index is -0.985. The predicted molar refractivity (Wildman–Crippen MR) is 159 cm³/mol. The summed E-state index contributed by atoms with van der Waals surface area (Å²) in [5.41, 5.74) is 2.62. The van der Waals surface area contributed by atoms with Crippen molar-refractivity contribution < 1.29 is 29.0 Å². The first-order chi connectivity index (χ1) is 18.8. The van der Waals surface area contributed by atoms with Gasteiger partial charge in [0.1, 0.15) is 6.61 Å². The van der Waals surface area contributed by atoms with Gasteiger partial charge in [-0.25, -0.2) is 4.79 Å². The Labute approximate surface area is 242 Å². The molecule has 0 aliphatic carbocycles. The second kappa shape index (κ2) is 11.5. The summed E-state index contributed by atoms with van der Waals surface area (Å²) in [6, 6.07) is 23.8. The van der Waals surface area contributed by atoms with Crippen LogP contribution in [0.15, 0.2) is 83.8 Å². The third-order valence-electron chi connectivity index (χ3n) is 6.22. The van der Waals surface area contributed by atoms with Crippen molar-refractivity contribution in [2.24, 2.45) is 0 Å². The molecule has 1 heterocycles. The number of imide groups is 1. The molecule has 0 aromatic heterocycles. The van der Waals surface area contributed by atoms with Crippen LogP contribution >= 0.6 is 34.4 Å². The zero-order valence-corrected chi connectivity index (χ0v) is 23.7. The number of nitrogens with zero attached hydrogens (tertiary/aromatic N) is 1. The van der Waals surface area contributed by atoms with Crippen LogP contribution in [-0.2, 0) is 17.9 Å². The van der Waals surface area contributed by atoms with E-state index < -0.39 is 5.97 Å². The summed E-state index contributed by atoms with van der Waals surface area (Å²) in [4.78, 5) is 38.7. The van der Waals surface area contributed by atoms with Crippen LogP contribution in [0.3, 0.4) is 0 Å². The second-order valence-electron chi connectivity index (χ2n) is 8.73. The molecule has 0 radical (unpaired) electrons. The Bertz CT molecular complexity index is 1630. The highest BCUT2D eigenvalue weighted by atomic mass is 127. The van der Waals surface area contributed by atoms with Crippen molar-refractivity contribution in [2.75, 3.05) is 7.11 Å². The molecular weight excluding hydrogens is 629 g/mol. The zero-order valence-electron chi connectivity index (χ0n) is 20.7. The number of ether oxygens (including phenoxy) is 2. The van der Waals surface area contributed by atoms with E-state index in [1.54, 1.807) is 24.3 Å². The Kier molecular flexibility index (Phi) is 7.89. The lowest BCUT2D eigenvalue weighted by Gasteiger charge is -2.15. The first-order valence-electron chi connectivity index (χ1n) is 11.9. The first-order valence-corrected chi connectivity index (χ1v) is 13.8. The first kappa shape index (κ1) is 26.8. The Morgan fingerprint density at radius 2 is 1.77 bits per heavy atom. The predicted octanol–water partition coefficient (Wildman–Crippen LogP) is 6.97. The molecule has 0 bridgehead atoms. The van der Waals surface area contributed by atoms with Crippen LogP contribution in [0, 0.1) is 3.57 Å². The number of aromatic carboxylic acids is 1. The maximum Gasteiger partial charge on any atom is 0.335 e. The van der Waals surface area contributed by atoms with E-state index in [1.807, 2.05) is 48.5 Å². The van der Waals surface area contributed by atoms with E-state index in [0.29, 0.717) is 22.0 Å². The largest absolute Gasteiger partial charge is 0.493 e. The van der Waals surface area contributed by atoms with Gasteiger partial charge in [-0.1, -0.05) is 54.6 Å². The summed E-state index contributed by atoms with van der Waals surface area (Å²) in [5, 5.41) is 10.8. The quantitative estimate of drug-likeness (QED) is 0.163. The van der Waals surface area contributed by atoms with Crippen LogP contribution in [0.5, 0.6) is 11.5 Å². The fourth-order valence-corrected chi connectivity index (χ4v) is 5.87. The maximum absolute atomic E-state index is 13.2. The number of halogens is 1. The van der Waals surface area contributed by atoms with Gasteiger partial charge in [-0.05, 0) is 92.2 Å². The number of rotatable bonds is 8. The average Bonchev–Trinajstić information content (AvgIpc) is 3.19. The number of hydrogen-bond donors (Lipinski definition) is 1. The third kappa shape index (κ3) is 5.79. The van der Waals surface area contributed by atoms with Gasteiger partial charge in [0.15, 0.2) is 11.5 Å². The lowest BCUT2D eigenvalue weighted by atomic mass is 10.0. The number of benzene rings is 4. The van der Waals surface area contributed by atoms with Crippen LogP contribution in [0.4, 0.5) is 4.79 Å². The fourth-order valence-electron chi connectivity index (χ4n) is 4.25. The van der Waals surface area contributed by atoms with E-state index in [2.05, 4.69) is 22.6 Å². The van der Waals surface area contributed by atoms with Gasteiger partial charge >= 0.3 is 5.97 Å². The van der Waals surface area contributed by atoms with Crippen LogP contribution in [0.1, 0.15) is 27.0 Å². The molecule has 196 valence electrons. The third-order valence-corrected chi connectivity index (χ3v) is 7.92. The fraction of sp³-hybridized carbons (Fsp3) is 0.100. The van der Waals surface area contributed by atoms with Gasteiger partial charge < -0.3 is 14.6 Å². The van der Waals surface area contributed by atoms with Gasteiger partial charge in [0.2, 0.25) is 0 Å². The number of methoxy groups -OCH3 is 1.